The van der Waals surface area contributed by atoms with Crippen LogP contribution in [0.1, 0.15) is 28.8 Å². The van der Waals surface area contributed by atoms with E-state index in [1.807, 2.05) is 12.1 Å². The number of benzene rings is 1. The Morgan fingerprint density at radius 2 is 1.92 bits per heavy atom. The second-order valence-electron chi connectivity index (χ2n) is 6.06. The summed E-state index contributed by atoms with van der Waals surface area (Å²) in [4.78, 5) is 16.4. The largest absolute Gasteiger partial charge is 0.381 e. The maximum Gasteiger partial charge on any atom is 0.252 e. The molecule has 0 spiro atoms. The van der Waals surface area contributed by atoms with Crippen LogP contribution in [0.4, 0.5) is 0 Å². The average molecular weight is 400 g/mol. The molecular formula is C18H17Cl3N2O2. The molecule has 1 saturated heterocycles. The molecule has 2 aromatic rings. The number of halogens is 3. The number of ether oxygens (including phenoxy) is 1. The number of rotatable bonds is 4. The van der Waals surface area contributed by atoms with Crippen LogP contribution in [0.15, 0.2) is 36.7 Å². The zero-order valence-corrected chi connectivity index (χ0v) is 15.7. The van der Waals surface area contributed by atoms with Crippen molar-refractivity contribution in [3.63, 3.8) is 0 Å². The molecule has 1 fully saturated rings. The van der Waals surface area contributed by atoms with Crippen LogP contribution in [0.2, 0.25) is 15.1 Å². The first-order valence-electron chi connectivity index (χ1n) is 7.93. The second kappa shape index (κ2) is 7.92. The smallest absolute Gasteiger partial charge is 0.252 e. The molecule has 0 radical (unpaired) electrons. The maximum absolute atomic E-state index is 12.5. The van der Waals surface area contributed by atoms with E-state index in [1.165, 1.54) is 6.20 Å². The van der Waals surface area contributed by atoms with Crippen LogP contribution < -0.4 is 5.32 Å². The fourth-order valence-corrected chi connectivity index (χ4v) is 3.94. The lowest BCUT2D eigenvalue weighted by molar-refractivity contribution is 0.0487. The van der Waals surface area contributed by atoms with Gasteiger partial charge in [-0.25, -0.2) is 0 Å². The molecular weight excluding hydrogens is 383 g/mol. The third-order valence-electron chi connectivity index (χ3n) is 4.56. The van der Waals surface area contributed by atoms with E-state index in [0.717, 1.165) is 18.4 Å². The minimum absolute atomic E-state index is 0.233. The zero-order chi connectivity index (χ0) is 17.9. The quantitative estimate of drug-likeness (QED) is 0.822. The van der Waals surface area contributed by atoms with E-state index in [0.29, 0.717) is 40.4 Å². The van der Waals surface area contributed by atoms with E-state index >= 15 is 0 Å². The summed E-state index contributed by atoms with van der Waals surface area (Å²) in [5.74, 6) is -0.233. The number of aromatic nitrogens is 1. The fraction of sp³-hybridized carbons (Fsp3) is 0.333. The minimum atomic E-state index is -0.297. The maximum atomic E-state index is 12.5. The summed E-state index contributed by atoms with van der Waals surface area (Å²) in [6.07, 6.45) is 4.52. The molecule has 1 aliphatic heterocycles. The number of amides is 1. The molecule has 1 aromatic heterocycles. The molecule has 0 aliphatic carbocycles. The van der Waals surface area contributed by atoms with Crippen molar-refractivity contribution in [2.24, 2.45) is 0 Å². The molecule has 4 nitrogen and oxygen atoms in total. The Labute approximate surface area is 161 Å². The predicted octanol–water partition coefficient (Wildman–Crippen LogP) is 4.52. The Hall–Kier alpha value is -1.33. The number of hydrogen-bond donors (Lipinski definition) is 1. The van der Waals surface area contributed by atoms with E-state index in [4.69, 9.17) is 39.5 Å². The van der Waals surface area contributed by atoms with Gasteiger partial charge in [0.2, 0.25) is 0 Å². The first kappa shape index (κ1) is 18.5. The van der Waals surface area contributed by atoms with E-state index in [1.54, 1.807) is 18.3 Å². The highest BCUT2D eigenvalue weighted by molar-refractivity contribution is 6.35. The summed E-state index contributed by atoms with van der Waals surface area (Å²) >= 11 is 18.5. The minimum Gasteiger partial charge on any atom is -0.381 e. The molecule has 2 heterocycles. The Bertz CT molecular complexity index is 777. The SMILES string of the molecule is O=C(NCC1(c2ccc(Cl)cc2Cl)CCOCC1)c1ccncc1Cl. The van der Waals surface area contributed by atoms with Gasteiger partial charge in [-0.2, -0.15) is 0 Å². The standard InChI is InChI=1S/C18H17Cl3N2O2/c19-12-1-2-14(15(20)9-12)18(4-7-25-8-5-18)11-23-17(24)13-3-6-22-10-16(13)21/h1-3,6,9-10H,4-5,7-8,11H2,(H,23,24). The summed E-state index contributed by atoms with van der Waals surface area (Å²) in [7, 11) is 0. The van der Waals surface area contributed by atoms with Crippen LogP contribution in [-0.4, -0.2) is 30.6 Å². The van der Waals surface area contributed by atoms with Gasteiger partial charge in [0.05, 0.1) is 10.6 Å². The van der Waals surface area contributed by atoms with Crippen molar-refractivity contribution in [3.8, 4) is 0 Å². The molecule has 0 bridgehead atoms. The van der Waals surface area contributed by atoms with Gasteiger partial charge in [0.1, 0.15) is 0 Å². The molecule has 1 N–H and O–H groups in total. The van der Waals surface area contributed by atoms with Crippen LogP contribution in [-0.2, 0) is 10.2 Å². The Balaban J connectivity index is 1.84. The Kier molecular flexibility index (Phi) is 5.85. The molecule has 1 aliphatic rings. The molecule has 0 saturated carbocycles. The summed E-state index contributed by atoms with van der Waals surface area (Å²) in [5, 5.41) is 4.51. The van der Waals surface area contributed by atoms with Crippen molar-refractivity contribution < 1.29 is 9.53 Å². The van der Waals surface area contributed by atoms with Crippen LogP contribution in [0.3, 0.4) is 0 Å². The van der Waals surface area contributed by atoms with Gasteiger partial charge in [0.15, 0.2) is 0 Å². The molecule has 132 valence electrons. The summed E-state index contributed by atoms with van der Waals surface area (Å²) in [6, 6.07) is 7.09. The lowest BCUT2D eigenvalue weighted by Gasteiger charge is -2.38. The van der Waals surface area contributed by atoms with Crippen molar-refractivity contribution in [1.29, 1.82) is 0 Å². The highest BCUT2D eigenvalue weighted by atomic mass is 35.5. The van der Waals surface area contributed by atoms with Crippen LogP contribution >= 0.6 is 34.8 Å². The lowest BCUT2D eigenvalue weighted by Crippen LogP contribution is -2.44. The van der Waals surface area contributed by atoms with Gasteiger partial charge >= 0.3 is 0 Å². The number of nitrogens with zero attached hydrogens (tertiary/aromatic N) is 1. The van der Waals surface area contributed by atoms with Gasteiger partial charge in [0.25, 0.3) is 5.91 Å². The third kappa shape index (κ3) is 4.09. The monoisotopic (exact) mass is 398 g/mol. The van der Waals surface area contributed by atoms with Crippen molar-refractivity contribution in [2.75, 3.05) is 19.8 Å². The number of carbonyl (C=O) groups excluding carboxylic acids is 1. The average Bonchev–Trinajstić information content (AvgIpc) is 2.61. The van der Waals surface area contributed by atoms with E-state index in [-0.39, 0.29) is 11.3 Å². The zero-order valence-electron chi connectivity index (χ0n) is 13.4. The third-order valence-corrected chi connectivity index (χ3v) is 5.41. The van der Waals surface area contributed by atoms with Crippen molar-refractivity contribution in [1.82, 2.24) is 10.3 Å². The summed E-state index contributed by atoms with van der Waals surface area (Å²) < 4.78 is 5.51. The Morgan fingerprint density at radius 1 is 1.16 bits per heavy atom. The Morgan fingerprint density at radius 3 is 2.60 bits per heavy atom. The van der Waals surface area contributed by atoms with E-state index in [9.17, 15) is 4.79 Å². The highest BCUT2D eigenvalue weighted by Crippen LogP contribution is 2.39. The second-order valence-corrected chi connectivity index (χ2v) is 7.31. The molecule has 0 atom stereocenters. The predicted molar refractivity (Wildman–Crippen MR) is 99.8 cm³/mol. The van der Waals surface area contributed by atoms with Crippen LogP contribution in [0, 0.1) is 0 Å². The first-order valence-corrected chi connectivity index (χ1v) is 9.06. The van der Waals surface area contributed by atoms with Crippen LogP contribution in [0.25, 0.3) is 0 Å². The van der Waals surface area contributed by atoms with Crippen molar-refractivity contribution in [2.45, 2.75) is 18.3 Å². The normalized spacial score (nSPS) is 16.4. The van der Waals surface area contributed by atoms with Crippen LogP contribution in [0.5, 0.6) is 0 Å². The van der Waals surface area contributed by atoms with Gasteiger partial charge in [-0.3, -0.25) is 9.78 Å². The van der Waals surface area contributed by atoms with Gasteiger partial charge in [0, 0.05) is 47.6 Å². The van der Waals surface area contributed by atoms with Crippen molar-refractivity contribution in [3.05, 3.63) is 62.9 Å². The van der Waals surface area contributed by atoms with E-state index in [2.05, 4.69) is 10.3 Å². The van der Waals surface area contributed by atoms with E-state index < -0.39 is 0 Å². The van der Waals surface area contributed by atoms with Gasteiger partial charge in [-0.05, 0) is 36.6 Å². The van der Waals surface area contributed by atoms with Crippen molar-refractivity contribution >= 4 is 40.7 Å². The molecule has 7 heteroatoms. The van der Waals surface area contributed by atoms with Gasteiger partial charge in [-0.15, -0.1) is 0 Å². The molecule has 0 unspecified atom stereocenters. The fourth-order valence-electron chi connectivity index (χ4n) is 3.13. The van der Waals surface area contributed by atoms with Gasteiger partial charge in [-0.1, -0.05) is 40.9 Å². The number of nitrogens with one attached hydrogen (secondary N) is 1. The summed E-state index contributed by atoms with van der Waals surface area (Å²) in [6.45, 7) is 1.67. The highest BCUT2D eigenvalue weighted by Gasteiger charge is 2.36. The number of carbonyl (C=O) groups is 1. The first-order chi connectivity index (χ1) is 12.0. The molecule has 25 heavy (non-hydrogen) atoms. The summed E-state index contributed by atoms with van der Waals surface area (Å²) in [5.41, 5.74) is 1.08. The lowest BCUT2D eigenvalue weighted by atomic mass is 9.74. The van der Waals surface area contributed by atoms with Gasteiger partial charge < -0.3 is 10.1 Å². The molecule has 3 rings (SSSR count). The molecule has 1 amide bonds. The topological polar surface area (TPSA) is 51.2 Å². The molecule has 1 aromatic carbocycles. The number of pyridine rings is 1. The number of hydrogen-bond acceptors (Lipinski definition) is 3.